The third-order valence-electron chi connectivity index (χ3n) is 3.93. The van der Waals surface area contributed by atoms with Crippen LogP contribution < -0.4 is 21.0 Å². The van der Waals surface area contributed by atoms with Gasteiger partial charge < -0.3 is 24.9 Å². The topological polar surface area (TPSA) is 131 Å². The number of aromatic nitrogens is 1. The van der Waals surface area contributed by atoms with E-state index < -0.39 is 36.7 Å². The first-order valence-corrected chi connectivity index (χ1v) is 9.61. The fourth-order valence-corrected chi connectivity index (χ4v) is 3.13. The average Bonchev–Trinajstić information content (AvgIpc) is 3.21. The Labute approximate surface area is 173 Å². The van der Waals surface area contributed by atoms with Crippen molar-refractivity contribution in [1.82, 2.24) is 10.3 Å². The van der Waals surface area contributed by atoms with Crippen LogP contribution in [0, 0.1) is 6.92 Å². The van der Waals surface area contributed by atoms with Gasteiger partial charge in [-0.05, 0) is 24.6 Å². The molecule has 0 aliphatic rings. The number of nitrogens with one attached hydrogen (secondary N) is 2. The van der Waals surface area contributed by atoms with Gasteiger partial charge in [0.05, 0.1) is 6.61 Å². The molecule has 1 aromatic carbocycles. The second-order valence-corrected chi connectivity index (χ2v) is 7.18. The summed E-state index contributed by atoms with van der Waals surface area (Å²) in [5.74, 6) is -0.937. The largest absolute Gasteiger partial charge is 0.484 e. The van der Waals surface area contributed by atoms with Crippen LogP contribution in [-0.2, 0) is 9.59 Å². The van der Waals surface area contributed by atoms with Crippen molar-refractivity contribution in [3.63, 3.8) is 0 Å². The van der Waals surface area contributed by atoms with Gasteiger partial charge in [-0.25, -0.2) is 9.78 Å². The molecule has 0 fully saturated rings. The van der Waals surface area contributed by atoms with Gasteiger partial charge in [-0.15, -0.1) is 11.3 Å². The Bertz CT molecular complexity index is 1100. The van der Waals surface area contributed by atoms with E-state index in [-0.39, 0.29) is 16.4 Å². The van der Waals surface area contributed by atoms with Gasteiger partial charge in [-0.2, -0.15) is 0 Å². The highest BCUT2D eigenvalue weighted by atomic mass is 35.5. The number of hydrogen-bond donors (Lipinski definition) is 3. The van der Waals surface area contributed by atoms with Crippen LogP contribution in [0.15, 0.2) is 39.0 Å². The number of halogens is 1. The lowest BCUT2D eigenvalue weighted by molar-refractivity contribution is -0.128. The molecule has 3 N–H and O–H groups in total. The van der Waals surface area contributed by atoms with Crippen LogP contribution in [0.3, 0.4) is 0 Å². The van der Waals surface area contributed by atoms with Crippen molar-refractivity contribution >= 4 is 50.9 Å². The van der Waals surface area contributed by atoms with Crippen LogP contribution in [0.4, 0.5) is 5.13 Å². The number of benzene rings is 1. The van der Waals surface area contributed by atoms with E-state index in [9.17, 15) is 19.5 Å². The molecule has 0 spiro atoms. The average molecular weight is 438 g/mol. The molecule has 9 nitrogen and oxygen atoms in total. The summed E-state index contributed by atoms with van der Waals surface area (Å²) in [5.41, 5.74) is 0.189. The molecule has 152 valence electrons. The van der Waals surface area contributed by atoms with E-state index in [2.05, 4.69) is 15.6 Å². The summed E-state index contributed by atoms with van der Waals surface area (Å²) in [7, 11) is 0. The van der Waals surface area contributed by atoms with Crippen molar-refractivity contribution < 1.29 is 23.8 Å². The summed E-state index contributed by atoms with van der Waals surface area (Å²) in [6.45, 7) is 0.689. The minimum Gasteiger partial charge on any atom is -0.484 e. The van der Waals surface area contributed by atoms with E-state index >= 15 is 0 Å². The number of carbonyl (C=O) groups excluding carboxylic acids is 2. The number of carbonyl (C=O) groups is 2. The van der Waals surface area contributed by atoms with Gasteiger partial charge in [0.2, 0.25) is 0 Å². The Balaban J connectivity index is 1.61. The number of nitrogens with zero attached hydrogens (tertiary/aromatic N) is 1. The van der Waals surface area contributed by atoms with Gasteiger partial charge in [0.1, 0.15) is 22.4 Å². The molecule has 0 saturated carbocycles. The minimum absolute atomic E-state index is 0.0108. The van der Waals surface area contributed by atoms with E-state index in [1.54, 1.807) is 24.4 Å². The Morgan fingerprint density at radius 3 is 2.90 bits per heavy atom. The summed E-state index contributed by atoms with van der Waals surface area (Å²) in [6, 6.07) is 3.56. The molecule has 0 saturated heterocycles. The Morgan fingerprint density at radius 2 is 2.21 bits per heavy atom. The normalized spacial score (nSPS) is 11.8. The van der Waals surface area contributed by atoms with E-state index in [1.165, 1.54) is 23.6 Å². The molecule has 0 aliphatic carbocycles. The molecule has 2 heterocycles. The van der Waals surface area contributed by atoms with Crippen molar-refractivity contribution in [2.75, 3.05) is 18.5 Å². The highest BCUT2D eigenvalue weighted by Gasteiger charge is 2.21. The van der Waals surface area contributed by atoms with Crippen molar-refractivity contribution in [3.8, 4) is 5.75 Å². The van der Waals surface area contributed by atoms with Crippen molar-refractivity contribution in [2.45, 2.75) is 13.0 Å². The molecule has 29 heavy (non-hydrogen) atoms. The number of rotatable bonds is 7. The van der Waals surface area contributed by atoms with Crippen molar-refractivity contribution in [1.29, 1.82) is 0 Å². The first-order chi connectivity index (χ1) is 13.9. The zero-order valence-electron chi connectivity index (χ0n) is 15.1. The molecule has 3 aromatic rings. The lowest BCUT2D eigenvalue weighted by Crippen LogP contribution is -2.47. The highest BCUT2D eigenvalue weighted by molar-refractivity contribution is 7.13. The lowest BCUT2D eigenvalue weighted by Gasteiger charge is -2.15. The van der Waals surface area contributed by atoms with Gasteiger partial charge in [0.25, 0.3) is 11.8 Å². The van der Waals surface area contributed by atoms with E-state index in [4.69, 9.17) is 20.8 Å². The maximum atomic E-state index is 12.1. The maximum absolute atomic E-state index is 12.1. The SMILES string of the molecule is Cc1c(Cl)c(=O)oc2cc(OCC(=O)N[C@@H](CO)C(=O)Nc3nccs3)ccc12. The monoisotopic (exact) mass is 437 g/mol. The molecular formula is C18H16ClN3O6S. The quantitative estimate of drug-likeness (QED) is 0.479. The Morgan fingerprint density at radius 1 is 1.41 bits per heavy atom. The fourth-order valence-electron chi connectivity index (χ4n) is 2.46. The standard InChI is InChI=1S/C18H16ClN3O6S/c1-9-11-3-2-10(6-13(11)28-17(26)15(9)19)27-8-14(24)21-12(7-23)16(25)22-18-20-4-5-29-18/h2-6,12,23H,7-8H2,1H3,(H,21,24)(H,20,22,25)/t12-/m0/s1. The Hall–Kier alpha value is -2.95. The first kappa shape index (κ1) is 20.8. The smallest absolute Gasteiger partial charge is 0.355 e. The molecule has 11 heteroatoms. The number of amides is 2. The van der Waals surface area contributed by atoms with Gasteiger partial charge in [0.15, 0.2) is 11.7 Å². The molecule has 0 unspecified atom stereocenters. The number of ether oxygens (including phenoxy) is 1. The van der Waals surface area contributed by atoms with Gasteiger partial charge in [0, 0.05) is 23.0 Å². The minimum atomic E-state index is -1.16. The molecule has 0 bridgehead atoms. The van der Waals surface area contributed by atoms with E-state index in [1.807, 2.05) is 0 Å². The van der Waals surface area contributed by atoms with Gasteiger partial charge in [-0.3, -0.25) is 9.59 Å². The summed E-state index contributed by atoms with van der Waals surface area (Å²) in [6.07, 6.45) is 1.52. The summed E-state index contributed by atoms with van der Waals surface area (Å²) in [5, 5.41) is 16.9. The molecule has 2 amide bonds. The van der Waals surface area contributed by atoms with Crippen LogP contribution in [-0.4, -0.2) is 41.2 Å². The van der Waals surface area contributed by atoms with E-state index in [0.717, 1.165) is 0 Å². The molecule has 2 aromatic heterocycles. The van der Waals surface area contributed by atoms with E-state index in [0.29, 0.717) is 16.1 Å². The molecule has 3 rings (SSSR count). The summed E-state index contributed by atoms with van der Waals surface area (Å²) < 4.78 is 10.5. The van der Waals surface area contributed by atoms with Crippen LogP contribution in [0.1, 0.15) is 5.56 Å². The molecule has 1 atom stereocenters. The fraction of sp³-hybridized carbons (Fsp3) is 0.222. The van der Waals surface area contributed by atoms with Crippen LogP contribution in [0.5, 0.6) is 5.75 Å². The zero-order valence-corrected chi connectivity index (χ0v) is 16.7. The molecule has 0 aliphatic heterocycles. The third-order valence-corrected chi connectivity index (χ3v) is 5.06. The maximum Gasteiger partial charge on any atom is 0.355 e. The van der Waals surface area contributed by atoms with Crippen molar-refractivity contribution in [2.24, 2.45) is 0 Å². The lowest BCUT2D eigenvalue weighted by atomic mass is 10.1. The third kappa shape index (κ3) is 4.91. The second kappa shape index (κ2) is 9.03. The van der Waals surface area contributed by atoms with Gasteiger partial charge in [-0.1, -0.05) is 11.6 Å². The number of aliphatic hydroxyl groups excluding tert-OH is 1. The Kier molecular flexibility index (Phi) is 6.47. The predicted octanol–water partition coefficient (Wildman–Crippen LogP) is 1.71. The number of aliphatic hydroxyl groups is 1. The second-order valence-electron chi connectivity index (χ2n) is 5.90. The van der Waals surface area contributed by atoms with Crippen molar-refractivity contribution in [3.05, 3.63) is 50.8 Å². The molecular weight excluding hydrogens is 422 g/mol. The molecule has 0 radical (unpaired) electrons. The number of thiazole rings is 1. The first-order valence-electron chi connectivity index (χ1n) is 8.35. The van der Waals surface area contributed by atoms with Crippen LogP contribution in [0.2, 0.25) is 5.02 Å². The van der Waals surface area contributed by atoms with Crippen LogP contribution >= 0.6 is 22.9 Å². The highest BCUT2D eigenvalue weighted by Crippen LogP contribution is 2.25. The number of anilines is 1. The van der Waals surface area contributed by atoms with Gasteiger partial charge >= 0.3 is 5.63 Å². The van der Waals surface area contributed by atoms with Crippen LogP contribution in [0.25, 0.3) is 11.0 Å². The number of aryl methyl sites for hydroxylation is 1. The summed E-state index contributed by atoms with van der Waals surface area (Å²) in [4.78, 5) is 39.7. The number of fused-ring (bicyclic) bond motifs is 1. The predicted molar refractivity (Wildman–Crippen MR) is 107 cm³/mol. The summed E-state index contributed by atoms with van der Waals surface area (Å²) >= 11 is 7.09. The number of hydrogen-bond acceptors (Lipinski definition) is 8. The zero-order chi connectivity index (χ0) is 21.0.